The number of unbranched alkanes of at least 4 members (excludes halogenated alkanes) is 2. The van der Waals surface area contributed by atoms with Gasteiger partial charge in [0.25, 0.3) is 0 Å². The molecule has 0 radical (unpaired) electrons. The van der Waals surface area contributed by atoms with Gasteiger partial charge in [0.15, 0.2) is 0 Å². The smallest absolute Gasteiger partial charge is 0.0705 e. The summed E-state index contributed by atoms with van der Waals surface area (Å²) in [7, 11) is 0. The van der Waals surface area contributed by atoms with E-state index in [0.29, 0.717) is 5.92 Å². The summed E-state index contributed by atoms with van der Waals surface area (Å²) in [6, 6.07) is 13.8. The molecule has 2 N–H and O–H groups in total. The van der Waals surface area contributed by atoms with Crippen LogP contribution in [0.2, 0.25) is 0 Å². The molecule has 0 bridgehead atoms. The van der Waals surface area contributed by atoms with Crippen LogP contribution in [0.25, 0.3) is 11.3 Å². The fraction of sp³-hybridized carbons (Fsp3) is 0.686. The molecule has 1 aromatic carbocycles. The molecular formula is C35H53NO2. The summed E-state index contributed by atoms with van der Waals surface area (Å²) in [6.07, 6.45) is 16.2. The zero-order valence-electron chi connectivity index (χ0n) is 24.6. The fourth-order valence-corrected chi connectivity index (χ4v) is 7.00. The Labute approximate surface area is 232 Å². The lowest BCUT2D eigenvalue weighted by molar-refractivity contribution is 0.141. The van der Waals surface area contributed by atoms with E-state index in [0.717, 1.165) is 24.5 Å². The van der Waals surface area contributed by atoms with E-state index in [2.05, 4.69) is 64.1 Å². The number of aliphatic hydroxyl groups excluding tert-OH is 2. The van der Waals surface area contributed by atoms with E-state index < -0.39 is 0 Å². The summed E-state index contributed by atoms with van der Waals surface area (Å²) < 4.78 is 0. The van der Waals surface area contributed by atoms with Gasteiger partial charge >= 0.3 is 0 Å². The first-order valence-electron chi connectivity index (χ1n) is 15.6. The first kappa shape index (κ1) is 29.3. The van der Waals surface area contributed by atoms with E-state index in [4.69, 9.17) is 4.98 Å². The predicted molar refractivity (Wildman–Crippen MR) is 160 cm³/mol. The highest BCUT2D eigenvalue weighted by atomic mass is 16.3. The fourth-order valence-electron chi connectivity index (χ4n) is 7.00. The van der Waals surface area contributed by atoms with Crippen LogP contribution in [-0.4, -0.2) is 28.4 Å². The van der Waals surface area contributed by atoms with Crippen molar-refractivity contribution in [1.29, 1.82) is 0 Å². The van der Waals surface area contributed by atoms with E-state index >= 15 is 0 Å². The van der Waals surface area contributed by atoms with Gasteiger partial charge < -0.3 is 10.2 Å². The molecule has 0 aliphatic heterocycles. The van der Waals surface area contributed by atoms with Gasteiger partial charge in [-0.3, -0.25) is 4.98 Å². The van der Waals surface area contributed by atoms with E-state index in [9.17, 15) is 10.2 Å². The molecule has 1 aromatic heterocycles. The van der Waals surface area contributed by atoms with E-state index in [1.165, 1.54) is 93.0 Å². The van der Waals surface area contributed by atoms with Crippen LogP contribution in [0.4, 0.5) is 0 Å². The second-order valence-electron chi connectivity index (χ2n) is 13.8. The van der Waals surface area contributed by atoms with E-state index in [1.807, 2.05) is 0 Å². The summed E-state index contributed by atoms with van der Waals surface area (Å²) >= 11 is 0. The van der Waals surface area contributed by atoms with E-state index in [-0.39, 0.29) is 30.0 Å². The number of benzene rings is 1. The summed E-state index contributed by atoms with van der Waals surface area (Å²) in [5.74, 6) is 1.47. The Balaban J connectivity index is 1.39. The Bertz CT molecular complexity index is 1020. The minimum Gasteiger partial charge on any atom is -0.396 e. The zero-order valence-corrected chi connectivity index (χ0v) is 24.6. The van der Waals surface area contributed by atoms with Crippen molar-refractivity contribution >= 4 is 0 Å². The quantitative estimate of drug-likeness (QED) is 0.309. The van der Waals surface area contributed by atoms with Crippen LogP contribution in [-0.2, 0) is 10.8 Å². The van der Waals surface area contributed by atoms with Crippen molar-refractivity contribution in [2.24, 2.45) is 11.8 Å². The molecule has 210 valence electrons. The molecular weight excluding hydrogens is 466 g/mol. The molecule has 2 atom stereocenters. The van der Waals surface area contributed by atoms with Gasteiger partial charge in [0.1, 0.15) is 0 Å². The van der Waals surface area contributed by atoms with Crippen LogP contribution >= 0.6 is 0 Å². The number of hydrogen-bond donors (Lipinski definition) is 2. The third kappa shape index (κ3) is 7.27. The van der Waals surface area contributed by atoms with Crippen LogP contribution in [0.3, 0.4) is 0 Å². The number of rotatable bonds is 10. The maximum atomic E-state index is 9.27. The monoisotopic (exact) mass is 519 g/mol. The molecule has 1 heterocycles. The average molecular weight is 520 g/mol. The molecule has 4 rings (SSSR count). The summed E-state index contributed by atoms with van der Waals surface area (Å²) in [5, 5.41) is 18.5. The number of hydrogen-bond acceptors (Lipinski definition) is 3. The number of aliphatic hydroxyl groups is 2. The standard InChI is InChI=1S/C35H53NO2/c1-34(2)21-22-35(3,4)31-23-29(19-20-30(31)34)33-16-10-15-32(36-33)28-14-9-8-12-26(17-18-28)11-6-5-7-13-27(24-37)25-38/h10,15-16,19-20,23,26-28,37-38H,5-9,11-14,17-18,21-22,24-25H2,1-4H3. The van der Waals surface area contributed by atoms with Crippen molar-refractivity contribution in [1.82, 2.24) is 4.98 Å². The van der Waals surface area contributed by atoms with E-state index in [1.54, 1.807) is 0 Å². The average Bonchev–Trinajstić information content (AvgIpc) is 2.90. The number of fused-ring (bicyclic) bond motifs is 1. The van der Waals surface area contributed by atoms with Crippen molar-refractivity contribution in [3.63, 3.8) is 0 Å². The van der Waals surface area contributed by atoms with Gasteiger partial charge in [0, 0.05) is 36.3 Å². The van der Waals surface area contributed by atoms with Crippen molar-refractivity contribution in [3.05, 3.63) is 53.2 Å². The van der Waals surface area contributed by atoms with Gasteiger partial charge in [0.2, 0.25) is 0 Å². The molecule has 38 heavy (non-hydrogen) atoms. The van der Waals surface area contributed by atoms with Crippen LogP contribution < -0.4 is 0 Å². The van der Waals surface area contributed by atoms with Crippen LogP contribution in [0, 0.1) is 11.8 Å². The van der Waals surface area contributed by atoms with Crippen molar-refractivity contribution in [2.75, 3.05) is 13.2 Å². The molecule has 2 unspecified atom stereocenters. The number of aromatic nitrogens is 1. The normalized spacial score (nSPS) is 23.0. The van der Waals surface area contributed by atoms with Crippen LogP contribution in [0.15, 0.2) is 36.4 Å². The highest BCUT2D eigenvalue weighted by molar-refractivity contribution is 5.63. The minimum atomic E-state index is 0.0695. The third-order valence-electron chi connectivity index (χ3n) is 9.92. The summed E-state index contributed by atoms with van der Waals surface area (Å²) in [6.45, 7) is 9.81. The molecule has 2 aliphatic carbocycles. The molecule has 1 fully saturated rings. The highest BCUT2D eigenvalue weighted by Gasteiger charge is 2.37. The molecule has 3 nitrogen and oxygen atoms in total. The molecule has 0 spiro atoms. The molecule has 2 aromatic rings. The first-order chi connectivity index (χ1) is 18.2. The first-order valence-corrected chi connectivity index (χ1v) is 15.6. The van der Waals surface area contributed by atoms with Crippen molar-refractivity contribution in [2.45, 2.75) is 128 Å². The van der Waals surface area contributed by atoms with Crippen LogP contribution in [0.5, 0.6) is 0 Å². The number of nitrogens with zero attached hydrogens (tertiary/aromatic N) is 1. The maximum absolute atomic E-state index is 9.27. The van der Waals surface area contributed by atoms with Crippen molar-refractivity contribution in [3.8, 4) is 11.3 Å². The lowest BCUT2D eigenvalue weighted by atomic mass is 9.63. The molecule has 1 saturated carbocycles. The SMILES string of the molecule is CC1(C)CCC(C)(C)c2cc(-c3cccc(C4CCCCC(CCCCCC(CO)CO)CC4)n3)ccc21. The molecule has 2 aliphatic rings. The largest absolute Gasteiger partial charge is 0.396 e. The topological polar surface area (TPSA) is 53.4 Å². The second kappa shape index (κ2) is 13.1. The van der Waals surface area contributed by atoms with Crippen molar-refractivity contribution < 1.29 is 10.2 Å². The Morgan fingerprint density at radius 2 is 1.55 bits per heavy atom. The Hall–Kier alpha value is -1.71. The van der Waals surface area contributed by atoms with Gasteiger partial charge in [-0.1, -0.05) is 90.8 Å². The Kier molecular flexibility index (Phi) is 10.1. The number of pyridine rings is 1. The van der Waals surface area contributed by atoms with Gasteiger partial charge in [-0.2, -0.15) is 0 Å². The second-order valence-corrected chi connectivity index (χ2v) is 13.8. The molecule has 3 heteroatoms. The maximum Gasteiger partial charge on any atom is 0.0705 e. The van der Waals surface area contributed by atoms with Crippen LogP contribution in [0.1, 0.15) is 134 Å². The highest BCUT2D eigenvalue weighted by Crippen LogP contribution is 2.46. The molecule has 0 saturated heterocycles. The zero-order chi connectivity index (χ0) is 27.2. The van der Waals surface area contributed by atoms with Gasteiger partial charge in [-0.15, -0.1) is 0 Å². The lowest BCUT2D eigenvalue weighted by Crippen LogP contribution is -2.33. The predicted octanol–water partition coefficient (Wildman–Crippen LogP) is 8.70. The Morgan fingerprint density at radius 1 is 0.816 bits per heavy atom. The lowest BCUT2D eigenvalue weighted by Gasteiger charge is -2.42. The van der Waals surface area contributed by atoms with Gasteiger partial charge in [-0.05, 0) is 84.6 Å². The Morgan fingerprint density at radius 3 is 2.32 bits per heavy atom. The molecule has 0 amide bonds. The summed E-state index contributed by atoms with van der Waals surface area (Å²) in [4.78, 5) is 5.28. The van der Waals surface area contributed by atoms with Gasteiger partial charge in [-0.25, -0.2) is 0 Å². The summed E-state index contributed by atoms with van der Waals surface area (Å²) in [5.41, 5.74) is 7.18. The van der Waals surface area contributed by atoms with Gasteiger partial charge in [0.05, 0.1) is 5.69 Å². The minimum absolute atomic E-state index is 0.0695. The third-order valence-corrected chi connectivity index (χ3v) is 9.92.